The molecule has 118 valence electrons. The van der Waals surface area contributed by atoms with Crippen LogP contribution in [0.1, 0.15) is 52.1 Å². The number of pyridine rings is 1. The van der Waals surface area contributed by atoms with E-state index in [0.29, 0.717) is 6.54 Å². The number of hydrogen-bond acceptors (Lipinski definition) is 2. The molecule has 0 aliphatic carbocycles. The number of unbranched alkanes of at least 4 members (excludes halogenated alkanes) is 1. The van der Waals surface area contributed by atoms with Gasteiger partial charge in [0.1, 0.15) is 0 Å². The summed E-state index contributed by atoms with van der Waals surface area (Å²) in [6.45, 7) is 9.08. The first-order valence-electron chi connectivity index (χ1n) is 8.22. The first kappa shape index (κ1) is 17.5. The number of aromatic nitrogens is 1. The summed E-state index contributed by atoms with van der Waals surface area (Å²) in [5.41, 5.74) is 0.993. The summed E-state index contributed by atoms with van der Waals surface area (Å²) in [6, 6.07) is 5.93. The molecular weight excluding hydrogens is 260 g/mol. The molecular formula is C17H30N4. The fourth-order valence-electron chi connectivity index (χ4n) is 2.18. The standard InChI is InChI=1S/C17H30N4/c1-4-7-10-15(5-2)13-20-17(18-6-3)21-14-16-11-8-9-12-19-16/h8-9,11-12,15H,4-7,10,13-14H2,1-3H3,(H2,18,20,21). The van der Waals surface area contributed by atoms with Crippen molar-refractivity contribution in [3.8, 4) is 0 Å². The molecule has 1 heterocycles. The minimum Gasteiger partial charge on any atom is -0.357 e. The highest BCUT2D eigenvalue weighted by molar-refractivity contribution is 5.79. The molecule has 0 saturated heterocycles. The molecule has 0 radical (unpaired) electrons. The van der Waals surface area contributed by atoms with Gasteiger partial charge in [-0.25, -0.2) is 4.99 Å². The van der Waals surface area contributed by atoms with E-state index < -0.39 is 0 Å². The smallest absolute Gasteiger partial charge is 0.191 e. The number of nitrogens with one attached hydrogen (secondary N) is 2. The fourth-order valence-corrected chi connectivity index (χ4v) is 2.18. The van der Waals surface area contributed by atoms with Gasteiger partial charge in [-0.1, -0.05) is 39.2 Å². The lowest BCUT2D eigenvalue weighted by atomic mass is 9.99. The van der Waals surface area contributed by atoms with Crippen molar-refractivity contribution in [1.82, 2.24) is 15.6 Å². The third-order valence-electron chi connectivity index (χ3n) is 3.57. The van der Waals surface area contributed by atoms with Crippen molar-refractivity contribution in [3.05, 3.63) is 30.1 Å². The molecule has 4 nitrogen and oxygen atoms in total. The van der Waals surface area contributed by atoms with Gasteiger partial charge in [0.25, 0.3) is 0 Å². The Labute approximate surface area is 129 Å². The highest BCUT2D eigenvalue weighted by atomic mass is 15.2. The zero-order chi connectivity index (χ0) is 15.3. The average molecular weight is 290 g/mol. The maximum absolute atomic E-state index is 4.60. The molecule has 1 aromatic heterocycles. The monoisotopic (exact) mass is 290 g/mol. The third-order valence-corrected chi connectivity index (χ3v) is 3.57. The van der Waals surface area contributed by atoms with Gasteiger partial charge in [-0.15, -0.1) is 0 Å². The normalized spacial score (nSPS) is 13.0. The number of aliphatic imine (C=N–C) groups is 1. The van der Waals surface area contributed by atoms with Crippen LogP contribution in [0.4, 0.5) is 0 Å². The van der Waals surface area contributed by atoms with Gasteiger partial charge in [0, 0.05) is 19.3 Å². The Morgan fingerprint density at radius 3 is 2.71 bits per heavy atom. The van der Waals surface area contributed by atoms with Crippen LogP contribution in [0.2, 0.25) is 0 Å². The van der Waals surface area contributed by atoms with E-state index in [1.807, 2.05) is 24.4 Å². The molecule has 0 bridgehead atoms. The Balaban J connectivity index is 2.48. The molecule has 0 spiro atoms. The van der Waals surface area contributed by atoms with Gasteiger partial charge in [-0.05, 0) is 31.4 Å². The molecule has 1 aromatic rings. The van der Waals surface area contributed by atoms with Crippen molar-refractivity contribution in [2.24, 2.45) is 10.9 Å². The maximum Gasteiger partial charge on any atom is 0.191 e. The van der Waals surface area contributed by atoms with Crippen LogP contribution < -0.4 is 10.6 Å². The lowest BCUT2D eigenvalue weighted by molar-refractivity contribution is 0.443. The highest BCUT2D eigenvalue weighted by Gasteiger charge is 2.06. The number of hydrogen-bond donors (Lipinski definition) is 2. The van der Waals surface area contributed by atoms with Crippen molar-refractivity contribution in [2.45, 2.75) is 53.0 Å². The SMILES string of the molecule is CCCCC(CC)CNC(=NCc1ccccn1)NCC. The molecule has 2 N–H and O–H groups in total. The van der Waals surface area contributed by atoms with Crippen LogP contribution in [0.15, 0.2) is 29.4 Å². The van der Waals surface area contributed by atoms with Crippen molar-refractivity contribution >= 4 is 5.96 Å². The van der Waals surface area contributed by atoms with Crippen LogP contribution in [0.3, 0.4) is 0 Å². The van der Waals surface area contributed by atoms with Crippen LogP contribution in [0.5, 0.6) is 0 Å². The molecule has 0 aliphatic heterocycles. The Morgan fingerprint density at radius 2 is 2.10 bits per heavy atom. The van der Waals surface area contributed by atoms with Gasteiger partial charge in [0.05, 0.1) is 12.2 Å². The van der Waals surface area contributed by atoms with E-state index in [0.717, 1.165) is 30.7 Å². The lowest BCUT2D eigenvalue weighted by Crippen LogP contribution is -2.39. The van der Waals surface area contributed by atoms with Crippen molar-refractivity contribution in [2.75, 3.05) is 13.1 Å². The summed E-state index contributed by atoms with van der Waals surface area (Å²) in [5, 5.41) is 6.76. The third kappa shape index (κ3) is 7.69. The van der Waals surface area contributed by atoms with Crippen LogP contribution in [0.25, 0.3) is 0 Å². The molecule has 1 atom stereocenters. The summed E-state index contributed by atoms with van der Waals surface area (Å²) < 4.78 is 0. The first-order valence-corrected chi connectivity index (χ1v) is 8.22. The lowest BCUT2D eigenvalue weighted by Gasteiger charge is -2.17. The topological polar surface area (TPSA) is 49.3 Å². The van der Waals surface area contributed by atoms with E-state index in [1.54, 1.807) is 0 Å². The molecule has 1 unspecified atom stereocenters. The summed E-state index contributed by atoms with van der Waals surface area (Å²) in [6.07, 6.45) is 6.89. The molecule has 4 heteroatoms. The van der Waals surface area contributed by atoms with Gasteiger partial charge in [-0.3, -0.25) is 4.98 Å². The van der Waals surface area contributed by atoms with Gasteiger partial charge >= 0.3 is 0 Å². The molecule has 21 heavy (non-hydrogen) atoms. The van der Waals surface area contributed by atoms with Crippen LogP contribution >= 0.6 is 0 Å². The van der Waals surface area contributed by atoms with Crippen LogP contribution in [-0.2, 0) is 6.54 Å². The second-order valence-electron chi connectivity index (χ2n) is 5.31. The minimum atomic E-state index is 0.613. The van der Waals surface area contributed by atoms with Crippen molar-refractivity contribution in [3.63, 3.8) is 0 Å². The number of rotatable bonds is 9. The quantitative estimate of drug-likeness (QED) is 0.541. The average Bonchev–Trinajstić information content (AvgIpc) is 2.53. The molecule has 1 rings (SSSR count). The molecule has 0 fully saturated rings. The summed E-state index contributed by atoms with van der Waals surface area (Å²) in [7, 11) is 0. The van der Waals surface area contributed by atoms with E-state index in [4.69, 9.17) is 0 Å². The highest BCUT2D eigenvalue weighted by Crippen LogP contribution is 2.11. The zero-order valence-corrected chi connectivity index (χ0v) is 13.7. The van der Waals surface area contributed by atoms with E-state index in [-0.39, 0.29) is 0 Å². The molecule has 0 aromatic carbocycles. The van der Waals surface area contributed by atoms with Gasteiger partial charge in [0.15, 0.2) is 5.96 Å². The summed E-state index contributed by atoms with van der Waals surface area (Å²) in [4.78, 5) is 8.90. The van der Waals surface area contributed by atoms with Gasteiger partial charge < -0.3 is 10.6 Å². The number of nitrogens with zero attached hydrogens (tertiary/aromatic N) is 2. The van der Waals surface area contributed by atoms with Crippen molar-refractivity contribution < 1.29 is 0 Å². The van der Waals surface area contributed by atoms with Gasteiger partial charge in [0.2, 0.25) is 0 Å². The Hall–Kier alpha value is -1.58. The zero-order valence-electron chi connectivity index (χ0n) is 13.7. The van der Waals surface area contributed by atoms with E-state index in [2.05, 4.69) is 41.4 Å². The predicted octanol–water partition coefficient (Wildman–Crippen LogP) is 3.35. The minimum absolute atomic E-state index is 0.613. The van der Waals surface area contributed by atoms with Crippen molar-refractivity contribution in [1.29, 1.82) is 0 Å². The molecule has 0 amide bonds. The van der Waals surface area contributed by atoms with Crippen LogP contribution in [0, 0.1) is 5.92 Å². The molecule has 0 saturated carbocycles. The van der Waals surface area contributed by atoms with E-state index in [9.17, 15) is 0 Å². The second kappa shape index (κ2) is 11.1. The fraction of sp³-hybridized carbons (Fsp3) is 0.647. The molecule has 0 aliphatic rings. The first-order chi connectivity index (χ1) is 10.3. The summed E-state index contributed by atoms with van der Waals surface area (Å²) >= 11 is 0. The largest absolute Gasteiger partial charge is 0.357 e. The predicted molar refractivity (Wildman–Crippen MR) is 90.4 cm³/mol. The Bertz CT molecular complexity index is 389. The van der Waals surface area contributed by atoms with Crippen LogP contribution in [-0.4, -0.2) is 24.0 Å². The Kier molecular flexibility index (Phi) is 9.25. The van der Waals surface area contributed by atoms with E-state index in [1.165, 1.54) is 25.7 Å². The summed E-state index contributed by atoms with van der Waals surface area (Å²) in [5.74, 6) is 1.61. The number of guanidine groups is 1. The Morgan fingerprint density at radius 1 is 1.24 bits per heavy atom. The maximum atomic E-state index is 4.60. The van der Waals surface area contributed by atoms with E-state index >= 15 is 0 Å². The van der Waals surface area contributed by atoms with Gasteiger partial charge in [-0.2, -0.15) is 0 Å². The second-order valence-corrected chi connectivity index (χ2v) is 5.31.